The van der Waals surface area contributed by atoms with Gasteiger partial charge in [0.1, 0.15) is 5.56 Å². The molecule has 1 heterocycles. The Bertz CT molecular complexity index is 887. The Morgan fingerprint density at radius 2 is 2.04 bits per heavy atom. The zero-order valence-corrected chi connectivity index (χ0v) is 12.6. The number of carbonyl (C=O) groups excluding carboxylic acids is 2. The predicted molar refractivity (Wildman–Crippen MR) is 82.8 cm³/mol. The van der Waals surface area contributed by atoms with Crippen LogP contribution in [0, 0.1) is 10.1 Å². The number of ether oxygens (including phenoxy) is 1. The SMILES string of the molecule is COC(=O)c1cc([N+](=O)[O-])cn(Cc2cccc(C(N)=O)c2)c1=O. The summed E-state index contributed by atoms with van der Waals surface area (Å²) in [6, 6.07) is 7.02. The summed E-state index contributed by atoms with van der Waals surface area (Å²) in [5.41, 5.74) is 4.33. The summed E-state index contributed by atoms with van der Waals surface area (Å²) in [6.07, 6.45) is 1.02. The van der Waals surface area contributed by atoms with E-state index in [0.717, 1.165) is 23.9 Å². The summed E-state index contributed by atoms with van der Waals surface area (Å²) in [4.78, 5) is 45.4. The van der Waals surface area contributed by atoms with E-state index in [4.69, 9.17) is 5.73 Å². The Labute approximate surface area is 135 Å². The molecule has 24 heavy (non-hydrogen) atoms. The maximum Gasteiger partial charge on any atom is 0.343 e. The van der Waals surface area contributed by atoms with Gasteiger partial charge in [-0.25, -0.2) is 4.79 Å². The molecule has 9 nitrogen and oxygen atoms in total. The van der Waals surface area contributed by atoms with Crippen molar-refractivity contribution < 1.29 is 19.2 Å². The molecule has 0 bridgehead atoms. The van der Waals surface area contributed by atoms with Crippen molar-refractivity contribution in [1.29, 1.82) is 0 Å². The van der Waals surface area contributed by atoms with Crippen LogP contribution in [-0.2, 0) is 11.3 Å². The Morgan fingerprint density at radius 1 is 1.33 bits per heavy atom. The highest BCUT2D eigenvalue weighted by atomic mass is 16.6. The first kappa shape index (κ1) is 16.9. The third kappa shape index (κ3) is 3.46. The number of carbonyl (C=O) groups is 2. The van der Waals surface area contributed by atoms with Gasteiger partial charge in [0.05, 0.1) is 24.8 Å². The van der Waals surface area contributed by atoms with Crippen LogP contribution in [-0.4, -0.2) is 28.5 Å². The summed E-state index contributed by atoms with van der Waals surface area (Å²) < 4.78 is 5.48. The van der Waals surface area contributed by atoms with Crippen molar-refractivity contribution in [2.24, 2.45) is 5.73 Å². The first-order valence-corrected chi connectivity index (χ1v) is 6.69. The molecule has 2 rings (SSSR count). The molecule has 0 spiro atoms. The fourth-order valence-corrected chi connectivity index (χ4v) is 2.11. The van der Waals surface area contributed by atoms with Gasteiger partial charge in [-0.2, -0.15) is 0 Å². The Balaban J connectivity index is 2.53. The number of nitrogens with zero attached hydrogens (tertiary/aromatic N) is 2. The lowest BCUT2D eigenvalue weighted by Gasteiger charge is -2.09. The van der Waals surface area contributed by atoms with Crippen LogP contribution in [0.15, 0.2) is 41.3 Å². The number of nitrogens with two attached hydrogens (primary N) is 1. The number of nitro groups is 1. The van der Waals surface area contributed by atoms with Crippen molar-refractivity contribution in [3.8, 4) is 0 Å². The van der Waals surface area contributed by atoms with E-state index in [1.807, 2.05) is 0 Å². The van der Waals surface area contributed by atoms with Crippen LogP contribution in [0.1, 0.15) is 26.3 Å². The van der Waals surface area contributed by atoms with Crippen LogP contribution in [0.3, 0.4) is 0 Å². The van der Waals surface area contributed by atoms with Gasteiger partial charge in [-0.05, 0) is 17.7 Å². The molecule has 1 amide bonds. The topological polar surface area (TPSA) is 135 Å². The number of methoxy groups -OCH3 is 1. The molecule has 0 saturated heterocycles. The van der Waals surface area contributed by atoms with Crippen LogP contribution in [0.4, 0.5) is 5.69 Å². The summed E-state index contributed by atoms with van der Waals surface area (Å²) in [5.74, 6) is -1.61. The maximum absolute atomic E-state index is 12.3. The summed E-state index contributed by atoms with van der Waals surface area (Å²) in [6.45, 7) is -0.0778. The number of hydrogen-bond acceptors (Lipinski definition) is 6. The lowest BCUT2D eigenvalue weighted by Crippen LogP contribution is -2.27. The van der Waals surface area contributed by atoms with Crippen molar-refractivity contribution in [3.63, 3.8) is 0 Å². The van der Waals surface area contributed by atoms with E-state index in [2.05, 4.69) is 4.74 Å². The molecule has 9 heteroatoms. The quantitative estimate of drug-likeness (QED) is 0.486. The molecule has 2 aromatic rings. The zero-order valence-electron chi connectivity index (χ0n) is 12.6. The largest absolute Gasteiger partial charge is 0.465 e. The maximum atomic E-state index is 12.3. The molecular formula is C15H13N3O6. The Morgan fingerprint density at radius 3 is 2.62 bits per heavy atom. The number of aromatic nitrogens is 1. The van der Waals surface area contributed by atoms with Gasteiger partial charge in [0, 0.05) is 11.6 Å². The molecule has 0 saturated carbocycles. The van der Waals surface area contributed by atoms with Crippen molar-refractivity contribution >= 4 is 17.6 Å². The van der Waals surface area contributed by atoms with Crippen LogP contribution in [0.5, 0.6) is 0 Å². The number of pyridine rings is 1. The second-order valence-electron chi connectivity index (χ2n) is 4.86. The molecule has 2 N–H and O–H groups in total. The van der Waals surface area contributed by atoms with E-state index >= 15 is 0 Å². The molecule has 1 aromatic heterocycles. The first-order chi connectivity index (χ1) is 11.3. The highest BCUT2D eigenvalue weighted by Crippen LogP contribution is 2.13. The van der Waals surface area contributed by atoms with Crippen molar-refractivity contribution in [2.45, 2.75) is 6.54 Å². The summed E-state index contributed by atoms with van der Waals surface area (Å²) in [7, 11) is 1.07. The van der Waals surface area contributed by atoms with E-state index in [-0.39, 0.29) is 12.1 Å². The van der Waals surface area contributed by atoms with Gasteiger partial charge in [-0.1, -0.05) is 12.1 Å². The van der Waals surface area contributed by atoms with Crippen LogP contribution in [0.2, 0.25) is 0 Å². The third-order valence-corrected chi connectivity index (χ3v) is 3.25. The average molecular weight is 331 g/mol. The Hall–Kier alpha value is -3.49. The van der Waals surface area contributed by atoms with Crippen molar-refractivity contribution in [1.82, 2.24) is 4.57 Å². The van der Waals surface area contributed by atoms with E-state index in [0.29, 0.717) is 5.56 Å². The molecule has 124 valence electrons. The number of benzene rings is 1. The third-order valence-electron chi connectivity index (χ3n) is 3.25. The standard InChI is InChI=1S/C15H13N3O6/c1-24-15(21)12-6-11(18(22)23)8-17(14(12)20)7-9-3-2-4-10(5-9)13(16)19/h2-6,8H,7H2,1H3,(H2,16,19). The van der Waals surface area contributed by atoms with E-state index in [1.165, 1.54) is 12.1 Å². The normalized spacial score (nSPS) is 10.2. The Kier molecular flexibility index (Phi) is 4.73. The van der Waals surface area contributed by atoms with Crippen LogP contribution >= 0.6 is 0 Å². The highest BCUT2D eigenvalue weighted by Gasteiger charge is 2.19. The monoisotopic (exact) mass is 331 g/mol. The van der Waals surface area contributed by atoms with Crippen molar-refractivity contribution in [3.05, 3.63) is 73.7 Å². The van der Waals surface area contributed by atoms with Gasteiger partial charge in [0.15, 0.2) is 0 Å². The predicted octanol–water partition coefficient (Wildman–Crippen LogP) is 0.690. The smallest absolute Gasteiger partial charge is 0.343 e. The minimum absolute atomic E-state index is 0.0778. The van der Waals surface area contributed by atoms with Gasteiger partial charge in [-0.3, -0.25) is 19.7 Å². The molecule has 0 atom stereocenters. The van der Waals surface area contributed by atoms with Gasteiger partial charge < -0.3 is 15.0 Å². The fraction of sp³-hybridized carbons (Fsp3) is 0.133. The van der Waals surface area contributed by atoms with Gasteiger partial charge >= 0.3 is 5.97 Å². The van der Waals surface area contributed by atoms with Gasteiger partial charge in [0.2, 0.25) is 5.91 Å². The van der Waals surface area contributed by atoms with Crippen molar-refractivity contribution in [2.75, 3.05) is 7.11 Å². The molecule has 0 fully saturated rings. The molecule has 0 aliphatic carbocycles. The van der Waals surface area contributed by atoms with Crippen LogP contribution in [0.25, 0.3) is 0 Å². The average Bonchev–Trinajstić information content (AvgIpc) is 2.56. The number of hydrogen-bond donors (Lipinski definition) is 1. The number of amides is 1. The number of primary amides is 1. The lowest BCUT2D eigenvalue weighted by atomic mass is 10.1. The van der Waals surface area contributed by atoms with E-state index < -0.39 is 33.6 Å². The molecule has 0 unspecified atom stereocenters. The van der Waals surface area contributed by atoms with Gasteiger partial charge in [0.25, 0.3) is 11.2 Å². The molecule has 0 aliphatic heterocycles. The molecule has 0 radical (unpaired) electrons. The summed E-state index contributed by atoms with van der Waals surface area (Å²) >= 11 is 0. The second-order valence-corrected chi connectivity index (χ2v) is 4.86. The first-order valence-electron chi connectivity index (χ1n) is 6.69. The molecular weight excluding hydrogens is 318 g/mol. The number of rotatable bonds is 5. The lowest BCUT2D eigenvalue weighted by molar-refractivity contribution is -0.385. The van der Waals surface area contributed by atoms with E-state index in [1.54, 1.807) is 12.1 Å². The number of esters is 1. The van der Waals surface area contributed by atoms with Crippen LogP contribution < -0.4 is 11.3 Å². The van der Waals surface area contributed by atoms with Gasteiger partial charge in [-0.15, -0.1) is 0 Å². The molecule has 1 aromatic carbocycles. The zero-order chi connectivity index (χ0) is 17.9. The minimum atomic E-state index is -0.969. The fourth-order valence-electron chi connectivity index (χ4n) is 2.11. The molecule has 0 aliphatic rings. The highest BCUT2D eigenvalue weighted by molar-refractivity contribution is 5.92. The summed E-state index contributed by atoms with van der Waals surface area (Å²) in [5, 5.41) is 11.0. The minimum Gasteiger partial charge on any atom is -0.465 e. The van der Waals surface area contributed by atoms with E-state index in [9.17, 15) is 24.5 Å². The second kappa shape index (κ2) is 6.73.